The van der Waals surface area contributed by atoms with E-state index in [-0.39, 0.29) is 18.6 Å². The molecule has 0 unspecified atom stereocenters. The molecule has 1 aromatic rings. The largest absolute Gasteiger partial charge is 0.484 e. The van der Waals surface area contributed by atoms with Crippen LogP contribution in [0.2, 0.25) is 0 Å². The molecular weight excluding hydrogens is 242 g/mol. The minimum Gasteiger partial charge on any atom is -0.484 e. The fourth-order valence-corrected chi connectivity index (χ4v) is 1.57. The van der Waals surface area contributed by atoms with Gasteiger partial charge in [0.15, 0.2) is 6.61 Å². The fraction of sp³-hybridized carbons (Fsp3) is 0.429. The Balaban J connectivity index is 2.50. The number of nitriles is 1. The van der Waals surface area contributed by atoms with Crippen LogP contribution in [0.15, 0.2) is 18.2 Å². The Kier molecular flexibility index (Phi) is 5.83. The summed E-state index contributed by atoms with van der Waals surface area (Å²) in [5, 5.41) is 10.9. The van der Waals surface area contributed by atoms with Gasteiger partial charge in [0.25, 0.3) is 5.91 Å². The molecule has 0 aliphatic carbocycles. The molecular formula is C14H19N3O2. The van der Waals surface area contributed by atoms with Crippen molar-refractivity contribution in [2.24, 2.45) is 5.73 Å². The van der Waals surface area contributed by atoms with Gasteiger partial charge in [0.1, 0.15) is 5.75 Å². The highest BCUT2D eigenvalue weighted by molar-refractivity contribution is 5.77. The van der Waals surface area contributed by atoms with Crippen molar-refractivity contribution in [1.82, 2.24) is 5.32 Å². The summed E-state index contributed by atoms with van der Waals surface area (Å²) in [5.74, 6) is 0.436. The van der Waals surface area contributed by atoms with Gasteiger partial charge in [-0.3, -0.25) is 4.79 Å². The lowest BCUT2D eigenvalue weighted by Gasteiger charge is -2.12. The van der Waals surface area contributed by atoms with E-state index in [1.54, 1.807) is 0 Å². The first-order valence-electron chi connectivity index (χ1n) is 6.17. The third-order valence-corrected chi connectivity index (χ3v) is 2.64. The summed E-state index contributed by atoms with van der Waals surface area (Å²) in [6.07, 6.45) is 0.299. The summed E-state index contributed by atoms with van der Waals surface area (Å²) < 4.78 is 5.43. The van der Waals surface area contributed by atoms with Crippen molar-refractivity contribution in [2.45, 2.75) is 26.3 Å². The van der Waals surface area contributed by atoms with E-state index in [0.717, 1.165) is 11.1 Å². The standard InChI is InChI=1S/C14H19N3O2/c1-10-8-12(11(2)16)4-5-13(10)19-9-14(18)17-7-3-6-15/h4-5,8,11H,3,7,9,16H2,1-2H3,(H,17,18)/t11-/m0/s1. The molecule has 0 saturated heterocycles. The molecule has 1 rings (SSSR count). The van der Waals surface area contributed by atoms with Crippen molar-refractivity contribution in [3.63, 3.8) is 0 Å². The molecule has 0 aromatic heterocycles. The number of rotatable bonds is 6. The zero-order chi connectivity index (χ0) is 14.3. The molecule has 5 nitrogen and oxygen atoms in total. The number of hydrogen-bond acceptors (Lipinski definition) is 4. The number of hydrogen-bond donors (Lipinski definition) is 2. The van der Waals surface area contributed by atoms with Crippen LogP contribution in [-0.4, -0.2) is 19.1 Å². The Hall–Kier alpha value is -2.06. The van der Waals surface area contributed by atoms with E-state index < -0.39 is 0 Å². The van der Waals surface area contributed by atoms with Crippen molar-refractivity contribution < 1.29 is 9.53 Å². The highest BCUT2D eigenvalue weighted by Gasteiger charge is 2.06. The van der Waals surface area contributed by atoms with Gasteiger partial charge >= 0.3 is 0 Å². The van der Waals surface area contributed by atoms with Crippen molar-refractivity contribution in [3.8, 4) is 11.8 Å². The van der Waals surface area contributed by atoms with E-state index in [1.807, 2.05) is 38.1 Å². The maximum atomic E-state index is 11.4. The van der Waals surface area contributed by atoms with Crippen LogP contribution < -0.4 is 15.8 Å². The van der Waals surface area contributed by atoms with Crippen LogP contribution in [-0.2, 0) is 4.79 Å². The van der Waals surface area contributed by atoms with E-state index >= 15 is 0 Å². The van der Waals surface area contributed by atoms with Crippen LogP contribution in [0.4, 0.5) is 0 Å². The van der Waals surface area contributed by atoms with Crippen molar-refractivity contribution in [1.29, 1.82) is 5.26 Å². The minimum atomic E-state index is -0.231. The first kappa shape index (κ1) is 15.0. The van der Waals surface area contributed by atoms with Gasteiger partial charge in [-0.2, -0.15) is 5.26 Å². The number of aryl methyl sites for hydroxylation is 1. The smallest absolute Gasteiger partial charge is 0.257 e. The summed E-state index contributed by atoms with van der Waals surface area (Å²) >= 11 is 0. The van der Waals surface area contributed by atoms with Gasteiger partial charge in [-0.15, -0.1) is 0 Å². The molecule has 1 atom stereocenters. The summed E-state index contributed by atoms with van der Waals surface area (Å²) in [5.41, 5.74) is 7.77. The molecule has 102 valence electrons. The second-order valence-electron chi connectivity index (χ2n) is 4.36. The van der Waals surface area contributed by atoms with Gasteiger partial charge in [-0.1, -0.05) is 12.1 Å². The summed E-state index contributed by atoms with van der Waals surface area (Å²) in [6, 6.07) is 7.59. The van der Waals surface area contributed by atoms with Gasteiger partial charge < -0.3 is 15.8 Å². The molecule has 1 amide bonds. The molecule has 3 N–H and O–H groups in total. The lowest BCUT2D eigenvalue weighted by molar-refractivity contribution is -0.123. The van der Waals surface area contributed by atoms with Gasteiger partial charge in [0.2, 0.25) is 0 Å². The Morgan fingerprint density at radius 2 is 2.32 bits per heavy atom. The molecule has 1 aromatic carbocycles. The number of carbonyl (C=O) groups excluding carboxylic acids is 1. The molecule has 0 fully saturated rings. The molecule has 0 spiro atoms. The topological polar surface area (TPSA) is 88.1 Å². The highest BCUT2D eigenvalue weighted by Crippen LogP contribution is 2.21. The minimum absolute atomic E-state index is 0.0259. The summed E-state index contributed by atoms with van der Waals surface area (Å²) in [4.78, 5) is 11.4. The normalized spacial score (nSPS) is 11.5. The molecule has 19 heavy (non-hydrogen) atoms. The first-order chi connectivity index (χ1) is 9.04. The molecule has 0 aliphatic heterocycles. The molecule has 5 heteroatoms. The third kappa shape index (κ3) is 4.98. The molecule has 0 aliphatic rings. The fourth-order valence-electron chi connectivity index (χ4n) is 1.57. The number of benzene rings is 1. The van der Waals surface area contributed by atoms with E-state index in [0.29, 0.717) is 18.7 Å². The molecule has 0 radical (unpaired) electrons. The predicted octanol–water partition coefficient (Wildman–Crippen LogP) is 1.42. The Morgan fingerprint density at radius 1 is 1.58 bits per heavy atom. The van der Waals surface area contributed by atoms with E-state index in [9.17, 15) is 4.79 Å². The van der Waals surface area contributed by atoms with Crippen LogP contribution in [0, 0.1) is 18.3 Å². The average Bonchev–Trinajstić information content (AvgIpc) is 2.37. The van der Waals surface area contributed by atoms with Crippen LogP contribution in [0.3, 0.4) is 0 Å². The zero-order valence-corrected chi connectivity index (χ0v) is 11.3. The van der Waals surface area contributed by atoms with Crippen LogP contribution in [0.1, 0.15) is 30.5 Å². The maximum Gasteiger partial charge on any atom is 0.257 e. The second-order valence-corrected chi connectivity index (χ2v) is 4.36. The quantitative estimate of drug-likeness (QED) is 0.758. The van der Waals surface area contributed by atoms with Gasteiger partial charge in [0, 0.05) is 12.6 Å². The predicted molar refractivity (Wildman–Crippen MR) is 72.5 cm³/mol. The van der Waals surface area contributed by atoms with Crippen LogP contribution in [0.25, 0.3) is 0 Å². The Bertz CT molecular complexity index is 478. The summed E-state index contributed by atoms with van der Waals surface area (Å²) in [7, 11) is 0. The molecule has 0 heterocycles. The van der Waals surface area contributed by atoms with E-state index in [2.05, 4.69) is 5.32 Å². The Labute approximate surface area is 113 Å². The van der Waals surface area contributed by atoms with Crippen LogP contribution in [0.5, 0.6) is 5.75 Å². The molecule has 0 bridgehead atoms. The van der Waals surface area contributed by atoms with Crippen molar-refractivity contribution in [2.75, 3.05) is 13.2 Å². The number of nitrogens with zero attached hydrogens (tertiary/aromatic N) is 1. The SMILES string of the molecule is Cc1cc([C@H](C)N)ccc1OCC(=O)NCCC#N. The van der Waals surface area contributed by atoms with Gasteiger partial charge in [-0.25, -0.2) is 0 Å². The lowest BCUT2D eigenvalue weighted by Crippen LogP contribution is -2.29. The number of amides is 1. The number of nitrogens with two attached hydrogens (primary N) is 1. The van der Waals surface area contributed by atoms with Gasteiger partial charge in [-0.05, 0) is 31.0 Å². The summed E-state index contributed by atoms with van der Waals surface area (Å²) in [6.45, 7) is 4.12. The monoisotopic (exact) mass is 261 g/mol. The second kappa shape index (κ2) is 7.39. The lowest BCUT2D eigenvalue weighted by atomic mass is 10.1. The Morgan fingerprint density at radius 3 is 2.89 bits per heavy atom. The maximum absolute atomic E-state index is 11.4. The number of carbonyl (C=O) groups is 1. The van der Waals surface area contributed by atoms with Crippen molar-refractivity contribution >= 4 is 5.91 Å². The first-order valence-corrected chi connectivity index (χ1v) is 6.17. The zero-order valence-electron chi connectivity index (χ0n) is 11.3. The van der Waals surface area contributed by atoms with Crippen molar-refractivity contribution in [3.05, 3.63) is 29.3 Å². The van der Waals surface area contributed by atoms with E-state index in [1.165, 1.54) is 0 Å². The third-order valence-electron chi connectivity index (χ3n) is 2.64. The highest BCUT2D eigenvalue weighted by atomic mass is 16.5. The molecule has 0 saturated carbocycles. The van der Waals surface area contributed by atoms with E-state index in [4.69, 9.17) is 15.7 Å². The number of ether oxygens (including phenoxy) is 1. The van der Waals surface area contributed by atoms with Gasteiger partial charge in [0.05, 0.1) is 12.5 Å². The number of nitrogens with one attached hydrogen (secondary N) is 1. The van der Waals surface area contributed by atoms with Crippen LogP contribution >= 0.6 is 0 Å². The average molecular weight is 261 g/mol.